The molecule has 160 valence electrons. The number of carbonyl (C=O) groups is 2. The molecule has 1 saturated heterocycles. The Bertz CT molecular complexity index is 1090. The van der Waals surface area contributed by atoms with E-state index < -0.39 is 0 Å². The normalized spacial score (nSPS) is 13.7. The van der Waals surface area contributed by atoms with Crippen LogP contribution in [0.1, 0.15) is 44.9 Å². The first-order chi connectivity index (χ1) is 15.0. The van der Waals surface area contributed by atoms with E-state index in [1.807, 2.05) is 36.6 Å². The minimum Gasteiger partial charge on any atom is -0.371 e. The predicted molar refractivity (Wildman–Crippen MR) is 129 cm³/mol. The van der Waals surface area contributed by atoms with Crippen molar-refractivity contribution in [1.29, 1.82) is 0 Å². The van der Waals surface area contributed by atoms with Gasteiger partial charge in [0.05, 0.1) is 10.4 Å². The molecule has 0 atom stereocenters. The maximum atomic E-state index is 13.3. The van der Waals surface area contributed by atoms with Crippen molar-refractivity contribution in [1.82, 2.24) is 0 Å². The fraction of sp³-hybridized carbons (Fsp3) is 0.250. The maximum absolute atomic E-state index is 13.3. The standard InChI is InChI=1S/C24H24ClN3O2S/c1-16-7-8-17(25)14-20(16)27-23(29)19-15-18(26-24(30)22-6-5-13-31-22)9-10-21(19)28-11-3-2-4-12-28/h5-10,13-15H,2-4,11-12H2,1H3,(H,26,30)(H,27,29). The smallest absolute Gasteiger partial charge is 0.265 e. The number of halogens is 1. The number of benzene rings is 2. The first kappa shape index (κ1) is 21.4. The van der Waals surface area contributed by atoms with Crippen molar-refractivity contribution in [2.75, 3.05) is 28.6 Å². The number of thiophene rings is 1. The Kier molecular flexibility index (Phi) is 6.59. The van der Waals surface area contributed by atoms with Gasteiger partial charge in [-0.1, -0.05) is 23.7 Å². The molecular formula is C24H24ClN3O2S. The lowest BCUT2D eigenvalue weighted by molar-refractivity contribution is 0.101. The Morgan fingerprint density at radius 1 is 0.968 bits per heavy atom. The monoisotopic (exact) mass is 453 g/mol. The summed E-state index contributed by atoms with van der Waals surface area (Å²) in [5.41, 5.74) is 3.61. The molecule has 0 spiro atoms. The third-order valence-electron chi connectivity index (χ3n) is 5.39. The topological polar surface area (TPSA) is 61.4 Å². The van der Waals surface area contributed by atoms with Gasteiger partial charge in [-0.05, 0) is 73.5 Å². The number of carbonyl (C=O) groups excluding carboxylic acids is 2. The molecule has 2 N–H and O–H groups in total. The van der Waals surface area contributed by atoms with Crippen LogP contribution in [0.4, 0.5) is 17.1 Å². The third kappa shape index (κ3) is 5.09. The molecular weight excluding hydrogens is 430 g/mol. The van der Waals surface area contributed by atoms with Crippen molar-refractivity contribution in [3.05, 3.63) is 74.9 Å². The number of rotatable bonds is 5. The molecule has 4 rings (SSSR count). The Morgan fingerprint density at radius 2 is 1.77 bits per heavy atom. The number of hydrogen-bond donors (Lipinski definition) is 2. The lowest BCUT2D eigenvalue weighted by Crippen LogP contribution is -2.31. The number of nitrogens with one attached hydrogen (secondary N) is 2. The second-order valence-electron chi connectivity index (χ2n) is 7.62. The van der Waals surface area contributed by atoms with Crippen LogP contribution in [0, 0.1) is 6.92 Å². The molecule has 31 heavy (non-hydrogen) atoms. The van der Waals surface area contributed by atoms with E-state index in [-0.39, 0.29) is 11.8 Å². The molecule has 0 unspecified atom stereocenters. The van der Waals surface area contributed by atoms with Gasteiger partial charge in [0.2, 0.25) is 0 Å². The average molecular weight is 454 g/mol. The summed E-state index contributed by atoms with van der Waals surface area (Å²) in [6, 6.07) is 14.6. The second-order valence-corrected chi connectivity index (χ2v) is 9.01. The Morgan fingerprint density at radius 3 is 2.52 bits per heavy atom. The van der Waals surface area contributed by atoms with Gasteiger partial charge in [0.25, 0.3) is 11.8 Å². The van der Waals surface area contributed by atoms with Gasteiger partial charge in [-0.3, -0.25) is 9.59 Å². The number of nitrogens with zero attached hydrogens (tertiary/aromatic N) is 1. The molecule has 1 aliphatic heterocycles. The van der Waals surface area contributed by atoms with E-state index in [1.165, 1.54) is 17.8 Å². The van der Waals surface area contributed by atoms with Crippen molar-refractivity contribution in [3.63, 3.8) is 0 Å². The highest BCUT2D eigenvalue weighted by Gasteiger charge is 2.20. The van der Waals surface area contributed by atoms with Gasteiger partial charge >= 0.3 is 0 Å². The SMILES string of the molecule is Cc1ccc(Cl)cc1NC(=O)c1cc(NC(=O)c2cccs2)ccc1N1CCCCC1. The molecule has 1 aromatic heterocycles. The molecule has 0 radical (unpaired) electrons. The Hall–Kier alpha value is -2.83. The number of aryl methyl sites for hydroxylation is 1. The van der Waals surface area contributed by atoms with Crippen LogP contribution < -0.4 is 15.5 Å². The number of hydrogen-bond acceptors (Lipinski definition) is 4. The number of anilines is 3. The molecule has 2 amide bonds. The largest absolute Gasteiger partial charge is 0.371 e. The van der Waals surface area contributed by atoms with E-state index in [2.05, 4.69) is 15.5 Å². The summed E-state index contributed by atoms with van der Waals surface area (Å²) in [6.07, 6.45) is 3.41. The van der Waals surface area contributed by atoms with Gasteiger partial charge in [0, 0.05) is 35.2 Å². The fourth-order valence-electron chi connectivity index (χ4n) is 3.73. The van der Waals surface area contributed by atoms with Gasteiger partial charge in [-0.15, -0.1) is 11.3 Å². The molecule has 3 aromatic rings. The summed E-state index contributed by atoms with van der Waals surface area (Å²) in [5.74, 6) is -0.407. The van der Waals surface area contributed by atoms with E-state index in [0.717, 1.165) is 37.2 Å². The first-order valence-electron chi connectivity index (χ1n) is 10.3. The second kappa shape index (κ2) is 9.54. The van der Waals surface area contributed by atoms with E-state index in [4.69, 9.17) is 11.6 Å². The van der Waals surface area contributed by atoms with Gasteiger partial charge in [0.15, 0.2) is 0 Å². The zero-order chi connectivity index (χ0) is 21.8. The predicted octanol–water partition coefficient (Wildman–Crippen LogP) is 6.20. The van der Waals surface area contributed by atoms with E-state index in [9.17, 15) is 9.59 Å². The van der Waals surface area contributed by atoms with Crippen molar-refractivity contribution in [3.8, 4) is 0 Å². The van der Waals surface area contributed by atoms with Crippen LogP contribution in [0.3, 0.4) is 0 Å². The van der Waals surface area contributed by atoms with Crippen LogP contribution >= 0.6 is 22.9 Å². The van der Waals surface area contributed by atoms with E-state index >= 15 is 0 Å². The van der Waals surface area contributed by atoms with Crippen molar-refractivity contribution < 1.29 is 9.59 Å². The zero-order valence-corrected chi connectivity index (χ0v) is 18.9. The molecule has 1 aliphatic rings. The summed E-state index contributed by atoms with van der Waals surface area (Å²) in [4.78, 5) is 28.7. The Labute approximate surface area is 191 Å². The zero-order valence-electron chi connectivity index (χ0n) is 17.3. The van der Waals surface area contributed by atoms with Crippen LogP contribution in [-0.4, -0.2) is 24.9 Å². The van der Waals surface area contributed by atoms with Crippen LogP contribution in [0.2, 0.25) is 5.02 Å². The van der Waals surface area contributed by atoms with Crippen LogP contribution in [-0.2, 0) is 0 Å². The van der Waals surface area contributed by atoms with E-state index in [1.54, 1.807) is 24.3 Å². The number of amides is 2. The first-order valence-corrected chi connectivity index (χ1v) is 11.6. The summed E-state index contributed by atoms with van der Waals surface area (Å²) in [7, 11) is 0. The molecule has 2 aromatic carbocycles. The van der Waals surface area contributed by atoms with Crippen LogP contribution in [0.15, 0.2) is 53.9 Å². The summed E-state index contributed by atoms with van der Waals surface area (Å²) in [6.45, 7) is 3.75. The average Bonchev–Trinajstić information content (AvgIpc) is 3.32. The quantitative estimate of drug-likeness (QED) is 0.483. The van der Waals surface area contributed by atoms with Crippen molar-refractivity contribution in [2.24, 2.45) is 0 Å². The fourth-order valence-corrected chi connectivity index (χ4v) is 4.52. The Balaban J connectivity index is 1.65. The molecule has 1 fully saturated rings. The molecule has 2 heterocycles. The van der Waals surface area contributed by atoms with Gasteiger partial charge in [-0.2, -0.15) is 0 Å². The molecule has 0 aliphatic carbocycles. The molecule has 0 saturated carbocycles. The minimum absolute atomic E-state index is 0.183. The number of piperidine rings is 1. The minimum atomic E-state index is -0.224. The summed E-state index contributed by atoms with van der Waals surface area (Å²) < 4.78 is 0. The maximum Gasteiger partial charge on any atom is 0.265 e. The summed E-state index contributed by atoms with van der Waals surface area (Å²) in [5, 5.41) is 8.33. The lowest BCUT2D eigenvalue weighted by Gasteiger charge is -2.30. The van der Waals surface area contributed by atoms with E-state index in [0.29, 0.717) is 26.8 Å². The highest BCUT2D eigenvalue weighted by molar-refractivity contribution is 7.12. The van der Waals surface area contributed by atoms with Gasteiger partial charge < -0.3 is 15.5 Å². The molecule has 5 nitrogen and oxygen atoms in total. The van der Waals surface area contributed by atoms with Crippen molar-refractivity contribution >= 4 is 51.8 Å². The van der Waals surface area contributed by atoms with Gasteiger partial charge in [-0.25, -0.2) is 0 Å². The third-order valence-corrected chi connectivity index (χ3v) is 6.49. The van der Waals surface area contributed by atoms with Crippen molar-refractivity contribution in [2.45, 2.75) is 26.2 Å². The van der Waals surface area contributed by atoms with Gasteiger partial charge in [0.1, 0.15) is 0 Å². The van der Waals surface area contributed by atoms with Crippen LogP contribution in [0.25, 0.3) is 0 Å². The molecule has 0 bridgehead atoms. The molecule has 7 heteroatoms. The highest BCUT2D eigenvalue weighted by atomic mass is 35.5. The highest BCUT2D eigenvalue weighted by Crippen LogP contribution is 2.29. The summed E-state index contributed by atoms with van der Waals surface area (Å²) >= 11 is 7.50. The lowest BCUT2D eigenvalue weighted by atomic mass is 10.1. The van der Waals surface area contributed by atoms with Crippen LogP contribution in [0.5, 0.6) is 0 Å².